The van der Waals surface area contributed by atoms with E-state index in [-0.39, 0.29) is 11.6 Å². The minimum Gasteiger partial charge on any atom is -0.468 e. The standard InChI is InChI=1S/C12H19N3O2/c1-12(2,3)13-6-9-4-5-11(15-14-9)17-10-7-16-8-10/h4-5,10,13H,6-8H2,1-3H3. The van der Waals surface area contributed by atoms with Gasteiger partial charge in [-0.2, -0.15) is 5.10 Å². The van der Waals surface area contributed by atoms with Gasteiger partial charge in [-0.25, -0.2) is 0 Å². The first-order chi connectivity index (χ1) is 8.03. The molecule has 0 atom stereocenters. The van der Waals surface area contributed by atoms with Crippen molar-refractivity contribution in [3.8, 4) is 5.88 Å². The highest BCUT2D eigenvalue weighted by atomic mass is 16.6. The Morgan fingerprint density at radius 1 is 1.35 bits per heavy atom. The lowest BCUT2D eigenvalue weighted by atomic mass is 10.1. The molecule has 0 aliphatic carbocycles. The van der Waals surface area contributed by atoms with Gasteiger partial charge in [-0.15, -0.1) is 5.10 Å². The van der Waals surface area contributed by atoms with Crippen molar-refractivity contribution in [1.29, 1.82) is 0 Å². The van der Waals surface area contributed by atoms with Crippen LogP contribution in [0.4, 0.5) is 0 Å². The molecular weight excluding hydrogens is 218 g/mol. The summed E-state index contributed by atoms with van der Waals surface area (Å²) in [6, 6.07) is 3.78. The van der Waals surface area contributed by atoms with Crippen LogP contribution in [0.25, 0.3) is 0 Å². The van der Waals surface area contributed by atoms with E-state index >= 15 is 0 Å². The summed E-state index contributed by atoms with van der Waals surface area (Å²) in [4.78, 5) is 0. The van der Waals surface area contributed by atoms with E-state index in [2.05, 4.69) is 36.3 Å². The number of rotatable bonds is 4. The molecule has 1 fully saturated rings. The third-order valence-corrected chi connectivity index (χ3v) is 2.39. The number of aromatic nitrogens is 2. The summed E-state index contributed by atoms with van der Waals surface area (Å²) < 4.78 is 10.6. The van der Waals surface area contributed by atoms with E-state index in [0.717, 1.165) is 5.69 Å². The molecule has 1 aromatic heterocycles. The highest BCUT2D eigenvalue weighted by molar-refractivity contribution is 5.12. The predicted octanol–water partition coefficient (Wildman–Crippen LogP) is 1.14. The van der Waals surface area contributed by atoms with Crippen molar-refractivity contribution in [3.05, 3.63) is 17.8 Å². The molecule has 0 aromatic carbocycles. The lowest BCUT2D eigenvalue weighted by molar-refractivity contribution is -0.0816. The molecule has 0 bridgehead atoms. The summed E-state index contributed by atoms with van der Waals surface area (Å²) >= 11 is 0. The first-order valence-electron chi connectivity index (χ1n) is 5.85. The van der Waals surface area contributed by atoms with Gasteiger partial charge in [-0.1, -0.05) is 0 Å². The molecule has 17 heavy (non-hydrogen) atoms. The van der Waals surface area contributed by atoms with Crippen LogP contribution < -0.4 is 10.1 Å². The van der Waals surface area contributed by atoms with Gasteiger partial charge in [0.25, 0.3) is 0 Å². The molecule has 0 amide bonds. The molecule has 0 unspecified atom stereocenters. The van der Waals surface area contributed by atoms with E-state index in [1.54, 1.807) is 0 Å². The summed E-state index contributed by atoms with van der Waals surface area (Å²) in [6.07, 6.45) is 0.142. The number of nitrogens with one attached hydrogen (secondary N) is 1. The molecular formula is C12H19N3O2. The van der Waals surface area contributed by atoms with Crippen molar-refractivity contribution in [2.45, 2.75) is 39.0 Å². The second-order valence-electron chi connectivity index (χ2n) is 5.24. The van der Waals surface area contributed by atoms with Gasteiger partial charge in [-0.3, -0.25) is 0 Å². The topological polar surface area (TPSA) is 56.3 Å². The molecule has 0 saturated carbocycles. The summed E-state index contributed by atoms with van der Waals surface area (Å²) in [7, 11) is 0. The quantitative estimate of drug-likeness (QED) is 0.851. The van der Waals surface area contributed by atoms with Crippen LogP contribution in [0.15, 0.2) is 12.1 Å². The summed E-state index contributed by atoms with van der Waals surface area (Å²) in [6.45, 7) is 8.37. The zero-order chi connectivity index (χ0) is 12.3. The molecule has 1 aliphatic heterocycles. The molecule has 2 rings (SSSR count). The van der Waals surface area contributed by atoms with Gasteiger partial charge in [0.2, 0.25) is 5.88 Å². The van der Waals surface area contributed by atoms with E-state index in [4.69, 9.17) is 9.47 Å². The lowest BCUT2D eigenvalue weighted by Crippen LogP contribution is -2.38. The predicted molar refractivity (Wildman–Crippen MR) is 63.9 cm³/mol. The van der Waals surface area contributed by atoms with E-state index in [1.165, 1.54) is 0 Å². The van der Waals surface area contributed by atoms with Crippen LogP contribution in [0.2, 0.25) is 0 Å². The molecule has 1 N–H and O–H groups in total. The van der Waals surface area contributed by atoms with Crippen molar-refractivity contribution in [1.82, 2.24) is 15.5 Å². The van der Waals surface area contributed by atoms with Crippen molar-refractivity contribution in [2.75, 3.05) is 13.2 Å². The van der Waals surface area contributed by atoms with Gasteiger partial charge < -0.3 is 14.8 Å². The Balaban J connectivity index is 1.84. The Bertz CT molecular complexity index is 355. The van der Waals surface area contributed by atoms with Gasteiger partial charge in [0, 0.05) is 18.2 Å². The zero-order valence-electron chi connectivity index (χ0n) is 10.6. The van der Waals surface area contributed by atoms with Crippen molar-refractivity contribution in [3.63, 3.8) is 0 Å². The summed E-state index contributed by atoms with van der Waals surface area (Å²) in [5, 5.41) is 11.5. The third-order valence-electron chi connectivity index (χ3n) is 2.39. The van der Waals surface area contributed by atoms with E-state index in [1.807, 2.05) is 12.1 Å². The van der Waals surface area contributed by atoms with Gasteiger partial charge >= 0.3 is 0 Å². The van der Waals surface area contributed by atoms with E-state index in [0.29, 0.717) is 25.6 Å². The molecule has 1 saturated heterocycles. The Morgan fingerprint density at radius 3 is 2.59 bits per heavy atom. The minimum atomic E-state index is 0.0835. The van der Waals surface area contributed by atoms with E-state index in [9.17, 15) is 0 Å². The van der Waals surface area contributed by atoms with E-state index < -0.39 is 0 Å². The highest BCUT2D eigenvalue weighted by Crippen LogP contribution is 2.12. The maximum Gasteiger partial charge on any atom is 0.233 e. The van der Waals surface area contributed by atoms with Crippen LogP contribution in [-0.4, -0.2) is 35.1 Å². The fraction of sp³-hybridized carbons (Fsp3) is 0.667. The molecule has 0 spiro atoms. The maximum atomic E-state index is 5.53. The zero-order valence-corrected chi connectivity index (χ0v) is 10.6. The second-order valence-corrected chi connectivity index (χ2v) is 5.24. The van der Waals surface area contributed by atoms with Gasteiger partial charge in [-0.05, 0) is 26.8 Å². The Kier molecular flexibility index (Phi) is 3.59. The SMILES string of the molecule is CC(C)(C)NCc1ccc(OC2COC2)nn1. The second kappa shape index (κ2) is 4.98. The van der Waals surface area contributed by atoms with Gasteiger partial charge in [0.15, 0.2) is 0 Å². The number of hydrogen-bond donors (Lipinski definition) is 1. The molecule has 1 aromatic rings. The van der Waals surface area contributed by atoms with Crippen LogP contribution in [-0.2, 0) is 11.3 Å². The smallest absolute Gasteiger partial charge is 0.233 e. The van der Waals surface area contributed by atoms with Crippen LogP contribution >= 0.6 is 0 Å². The number of hydrogen-bond acceptors (Lipinski definition) is 5. The maximum absolute atomic E-state index is 5.53. The average molecular weight is 237 g/mol. The number of nitrogens with zero attached hydrogens (tertiary/aromatic N) is 2. The van der Waals surface area contributed by atoms with Gasteiger partial charge in [0.1, 0.15) is 6.10 Å². The molecule has 94 valence electrons. The van der Waals surface area contributed by atoms with Crippen LogP contribution in [0.1, 0.15) is 26.5 Å². The first kappa shape index (κ1) is 12.3. The van der Waals surface area contributed by atoms with Crippen molar-refractivity contribution < 1.29 is 9.47 Å². The highest BCUT2D eigenvalue weighted by Gasteiger charge is 2.20. The minimum absolute atomic E-state index is 0.0835. The molecule has 1 aliphatic rings. The van der Waals surface area contributed by atoms with Crippen LogP contribution in [0.5, 0.6) is 5.88 Å². The first-order valence-corrected chi connectivity index (χ1v) is 5.85. The monoisotopic (exact) mass is 237 g/mol. The molecule has 2 heterocycles. The Hall–Kier alpha value is -1.20. The van der Waals surface area contributed by atoms with Crippen molar-refractivity contribution in [2.24, 2.45) is 0 Å². The third kappa shape index (κ3) is 3.94. The fourth-order valence-corrected chi connectivity index (χ4v) is 1.31. The Labute approximate surface area is 102 Å². The fourth-order valence-electron chi connectivity index (χ4n) is 1.31. The van der Waals surface area contributed by atoms with Crippen molar-refractivity contribution >= 4 is 0 Å². The summed E-state index contributed by atoms with van der Waals surface area (Å²) in [5.74, 6) is 0.567. The number of ether oxygens (including phenoxy) is 2. The van der Waals surface area contributed by atoms with Gasteiger partial charge in [0.05, 0.1) is 18.9 Å². The largest absolute Gasteiger partial charge is 0.468 e. The van der Waals surface area contributed by atoms with Crippen LogP contribution in [0, 0.1) is 0 Å². The van der Waals surface area contributed by atoms with Crippen LogP contribution in [0.3, 0.4) is 0 Å². The normalized spacial score (nSPS) is 16.6. The summed E-state index contributed by atoms with van der Waals surface area (Å²) in [5.41, 5.74) is 0.997. The molecule has 5 heteroatoms. The molecule has 5 nitrogen and oxygen atoms in total. The lowest BCUT2D eigenvalue weighted by Gasteiger charge is -2.25. The molecule has 0 radical (unpaired) electrons. The average Bonchev–Trinajstić information content (AvgIpc) is 2.21. The Morgan fingerprint density at radius 2 is 2.12 bits per heavy atom.